The van der Waals surface area contributed by atoms with Crippen LogP contribution in [0, 0.1) is 6.92 Å². The highest BCUT2D eigenvalue weighted by molar-refractivity contribution is 6.30. The van der Waals surface area contributed by atoms with Gasteiger partial charge in [-0.2, -0.15) is 0 Å². The first-order valence-electron chi connectivity index (χ1n) is 5.40. The SMILES string of the molecule is Cc1cccc(NC(=O)Nc2cc(Cl)ccn2)c1. The third kappa shape index (κ3) is 3.46. The van der Waals surface area contributed by atoms with Crippen molar-refractivity contribution in [3.05, 3.63) is 53.2 Å². The van der Waals surface area contributed by atoms with E-state index in [1.54, 1.807) is 12.1 Å². The predicted molar refractivity (Wildman–Crippen MR) is 73.1 cm³/mol. The molecule has 18 heavy (non-hydrogen) atoms. The van der Waals surface area contributed by atoms with Gasteiger partial charge in [0, 0.05) is 16.9 Å². The van der Waals surface area contributed by atoms with Gasteiger partial charge in [-0.15, -0.1) is 0 Å². The first-order chi connectivity index (χ1) is 8.63. The third-order valence-corrected chi connectivity index (χ3v) is 2.47. The Morgan fingerprint density at radius 2 is 2.06 bits per heavy atom. The van der Waals surface area contributed by atoms with Gasteiger partial charge in [0.15, 0.2) is 0 Å². The molecule has 5 heteroatoms. The lowest BCUT2D eigenvalue weighted by molar-refractivity contribution is 0.262. The van der Waals surface area contributed by atoms with Crippen LogP contribution in [0.5, 0.6) is 0 Å². The molecule has 1 heterocycles. The summed E-state index contributed by atoms with van der Waals surface area (Å²) in [7, 11) is 0. The normalized spacial score (nSPS) is 9.89. The fourth-order valence-corrected chi connectivity index (χ4v) is 1.63. The molecule has 1 aromatic carbocycles. The summed E-state index contributed by atoms with van der Waals surface area (Å²) in [5, 5.41) is 5.85. The second-order valence-electron chi connectivity index (χ2n) is 3.81. The van der Waals surface area contributed by atoms with Crippen LogP contribution in [0.2, 0.25) is 5.02 Å². The molecule has 2 amide bonds. The number of hydrogen-bond acceptors (Lipinski definition) is 2. The molecule has 0 bridgehead atoms. The largest absolute Gasteiger partial charge is 0.324 e. The molecule has 2 aromatic rings. The summed E-state index contributed by atoms with van der Waals surface area (Å²) < 4.78 is 0. The van der Waals surface area contributed by atoms with Crippen molar-refractivity contribution >= 4 is 29.1 Å². The summed E-state index contributed by atoms with van der Waals surface area (Å²) >= 11 is 5.80. The van der Waals surface area contributed by atoms with Crippen molar-refractivity contribution in [2.45, 2.75) is 6.92 Å². The van der Waals surface area contributed by atoms with E-state index in [4.69, 9.17) is 11.6 Å². The predicted octanol–water partition coefficient (Wildman–Crippen LogP) is 3.69. The molecule has 0 unspecified atom stereocenters. The number of aryl methyl sites for hydroxylation is 1. The van der Waals surface area contributed by atoms with Gasteiger partial charge in [-0.05, 0) is 36.8 Å². The molecule has 0 aliphatic carbocycles. The maximum absolute atomic E-state index is 11.7. The van der Waals surface area contributed by atoms with Gasteiger partial charge in [0.2, 0.25) is 0 Å². The minimum atomic E-state index is -0.352. The van der Waals surface area contributed by atoms with Crippen LogP contribution >= 0.6 is 11.6 Å². The van der Waals surface area contributed by atoms with Crippen LogP contribution in [0.4, 0.5) is 16.3 Å². The molecule has 0 saturated carbocycles. The summed E-state index contributed by atoms with van der Waals surface area (Å²) in [6, 6.07) is 10.4. The van der Waals surface area contributed by atoms with Crippen LogP contribution in [0.1, 0.15) is 5.56 Å². The van der Waals surface area contributed by atoms with Crippen molar-refractivity contribution < 1.29 is 4.79 Å². The smallest absolute Gasteiger partial charge is 0.308 e. The minimum Gasteiger partial charge on any atom is -0.308 e. The summed E-state index contributed by atoms with van der Waals surface area (Å²) in [5.74, 6) is 0.410. The molecule has 92 valence electrons. The van der Waals surface area contributed by atoms with Crippen LogP contribution in [-0.4, -0.2) is 11.0 Å². The van der Waals surface area contributed by atoms with Gasteiger partial charge < -0.3 is 5.32 Å². The van der Waals surface area contributed by atoms with Crippen molar-refractivity contribution in [2.75, 3.05) is 10.6 Å². The van der Waals surface area contributed by atoms with E-state index in [1.165, 1.54) is 6.20 Å². The Labute approximate surface area is 110 Å². The molecule has 0 atom stereocenters. The zero-order valence-electron chi connectivity index (χ0n) is 9.77. The molecule has 4 nitrogen and oxygen atoms in total. The number of carbonyl (C=O) groups is 1. The Kier molecular flexibility index (Phi) is 3.79. The van der Waals surface area contributed by atoms with Crippen molar-refractivity contribution in [2.24, 2.45) is 0 Å². The Hall–Kier alpha value is -2.07. The van der Waals surface area contributed by atoms with Gasteiger partial charge in [-0.25, -0.2) is 9.78 Å². The quantitative estimate of drug-likeness (QED) is 0.866. The topological polar surface area (TPSA) is 54.0 Å². The van der Waals surface area contributed by atoms with Crippen LogP contribution in [-0.2, 0) is 0 Å². The van der Waals surface area contributed by atoms with Crippen LogP contribution in [0.25, 0.3) is 0 Å². The van der Waals surface area contributed by atoms with Crippen molar-refractivity contribution in [3.8, 4) is 0 Å². The number of carbonyl (C=O) groups excluding carboxylic acids is 1. The molecule has 1 aromatic heterocycles. The van der Waals surface area contributed by atoms with Crippen LogP contribution in [0.3, 0.4) is 0 Å². The Balaban J connectivity index is 2.01. The zero-order valence-corrected chi connectivity index (χ0v) is 10.5. The number of urea groups is 1. The average molecular weight is 262 g/mol. The molecule has 0 aliphatic rings. The number of anilines is 2. The van der Waals surface area contributed by atoms with E-state index in [9.17, 15) is 4.79 Å². The highest BCUT2D eigenvalue weighted by Gasteiger charge is 2.03. The van der Waals surface area contributed by atoms with Crippen LogP contribution < -0.4 is 10.6 Å². The summed E-state index contributed by atoms with van der Waals surface area (Å²) in [6.45, 7) is 1.96. The Morgan fingerprint density at radius 1 is 1.22 bits per heavy atom. The van der Waals surface area contributed by atoms with Crippen molar-refractivity contribution in [1.29, 1.82) is 0 Å². The third-order valence-electron chi connectivity index (χ3n) is 2.24. The molecular weight excluding hydrogens is 250 g/mol. The summed E-state index contributed by atoms with van der Waals surface area (Å²) in [6.07, 6.45) is 1.53. The number of pyridine rings is 1. The van der Waals surface area contributed by atoms with E-state index < -0.39 is 0 Å². The first-order valence-corrected chi connectivity index (χ1v) is 5.77. The second kappa shape index (κ2) is 5.51. The van der Waals surface area contributed by atoms with Crippen LogP contribution in [0.15, 0.2) is 42.6 Å². The minimum absolute atomic E-state index is 0.352. The molecule has 0 spiro atoms. The number of amides is 2. The van der Waals surface area contributed by atoms with E-state index in [0.717, 1.165) is 11.3 Å². The Morgan fingerprint density at radius 3 is 2.78 bits per heavy atom. The van der Waals surface area contributed by atoms with Gasteiger partial charge in [0.1, 0.15) is 5.82 Å². The average Bonchev–Trinajstić information content (AvgIpc) is 2.28. The van der Waals surface area contributed by atoms with Crippen molar-refractivity contribution in [3.63, 3.8) is 0 Å². The van der Waals surface area contributed by atoms with E-state index in [1.807, 2.05) is 31.2 Å². The molecule has 0 fully saturated rings. The Bertz CT molecular complexity index is 522. The lowest BCUT2D eigenvalue weighted by Crippen LogP contribution is -2.20. The highest BCUT2D eigenvalue weighted by Crippen LogP contribution is 2.13. The fraction of sp³-hybridized carbons (Fsp3) is 0.0769. The van der Waals surface area contributed by atoms with E-state index >= 15 is 0 Å². The number of nitrogens with one attached hydrogen (secondary N) is 2. The van der Waals surface area contributed by atoms with Gasteiger partial charge in [0.05, 0.1) is 0 Å². The molecule has 0 saturated heterocycles. The lowest BCUT2D eigenvalue weighted by atomic mass is 10.2. The molecule has 2 rings (SSSR count). The summed E-state index contributed by atoms with van der Waals surface area (Å²) in [5.41, 5.74) is 1.81. The maximum atomic E-state index is 11.7. The first kappa shape index (κ1) is 12.4. The van der Waals surface area contributed by atoms with Gasteiger partial charge >= 0.3 is 6.03 Å². The zero-order chi connectivity index (χ0) is 13.0. The van der Waals surface area contributed by atoms with Gasteiger partial charge in [0.25, 0.3) is 0 Å². The molecule has 2 N–H and O–H groups in total. The van der Waals surface area contributed by atoms with Gasteiger partial charge in [-0.1, -0.05) is 23.7 Å². The molecule has 0 radical (unpaired) electrons. The highest BCUT2D eigenvalue weighted by atomic mass is 35.5. The molecular formula is C13H12ClN3O. The lowest BCUT2D eigenvalue weighted by Gasteiger charge is -2.07. The van der Waals surface area contributed by atoms with E-state index in [0.29, 0.717) is 10.8 Å². The number of rotatable bonds is 2. The number of aromatic nitrogens is 1. The number of hydrogen-bond donors (Lipinski definition) is 2. The van der Waals surface area contributed by atoms with Crippen molar-refractivity contribution in [1.82, 2.24) is 4.98 Å². The monoisotopic (exact) mass is 261 g/mol. The van der Waals surface area contributed by atoms with E-state index in [2.05, 4.69) is 15.6 Å². The van der Waals surface area contributed by atoms with Gasteiger partial charge in [-0.3, -0.25) is 5.32 Å². The standard InChI is InChI=1S/C13H12ClN3O/c1-9-3-2-4-11(7-9)16-13(18)17-12-8-10(14)5-6-15-12/h2-8H,1H3,(H2,15,16,17,18). The number of benzene rings is 1. The fourth-order valence-electron chi connectivity index (χ4n) is 1.47. The summed E-state index contributed by atoms with van der Waals surface area (Å²) in [4.78, 5) is 15.7. The number of halogens is 1. The molecule has 0 aliphatic heterocycles. The maximum Gasteiger partial charge on any atom is 0.324 e. The van der Waals surface area contributed by atoms with E-state index in [-0.39, 0.29) is 6.03 Å². The second-order valence-corrected chi connectivity index (χ2v) is 4.24. The number of nitrogens with zero attached hydrogens (tertiary/aromatic N) is 1.